The van der Waals surface area contributed by atoms with E-state index in [1.54, 1.807) is 11.3 Å². The van der Waals surface area contributed by atoms with E-state index in [1.807, 2.05) is 6.07 Å². The summed E-state index contributed by atoms with van der Waals surface area (Å²) < 4.78 is 1.24. The normalized spacial score (nSPS) is 15.0. The minimum absolute atomic E-state index is 0.136. The number of aliphatic hydroxyl groups is 1. The number of hydrogen-bond acceptors (Lipinski definition) is 3. The van der Waals surface area contributed by atoms with Crippen molar-refractivity contribution >= 4 is 21.4 Å². The molecule has 17 heavy (non-hydrogen) atoms. The minimum atomic E-state index is -0.425. The summed E-state index contributed by atoms with van der Waals surface area (Å²) in [5.74, 6) is 0. The van der Waals surface area contributed by atoms with Crippen LogP contribution < -0.4 is 5.32 Å². The molecule has 0 aliphatic carbocycles. The van der Waals surface area contributed by atoms with Gasteiger partial charge in [-0.05, 0) is 41.4 Å². The topological polar surface area (TPSA) is 32.3 Å². The van der Waals surface area contributed by atoms with E-state index in [-0.39, 0.29) is 6.04 Å². The highest BCUT2D eigenvalue weighted by atomic mass is 32.1. The van der Waals surface area contributed by atoms with Gasteiger partial charge in [-0.3, -0.25) is 0 Å². The van der Waals surface area contributed by atoms with Crippen molar-refractivity contribution in [2.75, 3.05) is 6.54 Å². The first-order chi connectivity index (χ1) is 8.26. The molecule has 92 valence electrons. The number of rotatable bonds is 5. The third-order valence-electron chi connectivity index (χ3n) is 3.11. The van der Waals surface area contributed by atoms with Crippen LogP contribution in [0.5, 0.6) is 0 Å². The predicted octanol–water partition coefficient (Wildman–Crippen LogP) is 3.32. The fourth-order valence-electron chi connectivity index (χ4n) is 2.13. The number of thiophene rings is 1. The van der Waals surface area contributed by atoms with Crippen molar-refractivity contribution in [2.45, 2.75) is 32.4 Å². The highest BCUT2D eigenvalue weighted by Gasteiger charge is 2.18. The predicted molar refractivity (Wildman–Crippen MR) is 74.5 cm³/mol. The van der Waals surface area contributed by atoms with Gasteiger partial charge in [-0.25, -0.2) is 0 Å². The third-order valence-corrected chi connectivity index (χ3v) is 3.99. The van der Waals surface area contributed by atoms with E-state index in [9.17, 15) is 5.11 Å². The molecule has 2 aromatic rings. The van der Waals surface area contributed by atoms with Gasteiger partial charge in [0.15, 0.2) is 0 Å². The van der Waals surface area contributed by atoms with Crippen LogP contribution in [0, 0.1) is 0 Å². The Kier molecular flexibility index (Phi) is 4.15. The maximum atomic E-state index is 10.4. The Labute approximate surface area is 106 Å². The molecule has 0 fully saturated rings. The number of aliphatic hydroxyl groups excluding tert-OH is 1. The minimum Gasteiger partial charge on any atom is -0.387 e. The van der Waals surface area contributed by atoms with Gasteiger partial charge >= 0.3 is 0 Å². The van der Waals surface area contributed by atoms with Crippen molar-refractivity contribution in [1.82, 2.24) is 5.32 Å². The summed E-state index contributed by atoms with van der Waals surface area (Å²) in [4.78, 5) is 0. The lowest BCUT2D eigenvalue weighted by atomic mass is 10.00. The van der Waals surface area contributed by atoms with Gasteiger partial charge in [-0.2, -0.15) is 0 Å². The molecule has 0 saturated carbocycles. The summed E-state index contributed by atoms with van der Waals surface area (Å²) in [5.41, 5.74) is 1.01. The van der Waals surface area contributed by atoms with Crippen molar-refractivity contribution in [2.24, 2.45) is 0 Å². The number of nitrogens with one attached hydrogen (secondary N) is 1. The van der Waals surface area contributed by atoms with Crippen LogP contribution in [0.3, 0.4) is 0 Å². The van der Waals surface area contributed by atoms with Crippen molar-refractivity contribution < 1.29 is 5.11 Å². The Balaban J connectivity index is 2.24. The first kappa shape index (κ1) is 12.6. The first-order valence-electron chi connectivity index (χ1n) is 6.14. The summed E-state index contributed by atoms with van der Waals surface area (Å²) in [5, 5.41) is 17.0. The molecule has 0 saturated heterocycles. The van der Waals surface area contributed by atoms with Crippen LogP contribution in [0.4, 0.5) is 0 Å². The fraction of sp³-hybridized carbons (Fsp3) is 0.429. The monoisotopic (exact) mass is 249 g/mol. The summed E-state index contributed by atoms with van der Waals surface area (Å²) in [6.07, 6.45) is 0.503. The second-order valence-corrected chi connectivity index (χ2v) is 5.18. The van der Waals surface area contributed by atoms with Crippen molar-refractivity contribution in [1.29, 1.82) is 0 Å². The Hall–Kier alpha value is -0.900. The molecular formula is C14H19NOS. The smallest absolute Gasteiger partial charge is 0.0943 e. The molecule has 1 heterocycles. The van der Waals surface area contributed by atoms with Crippen LogP contribution in [-0.2, 0) is 0 Å². The van der Waals surface area contributed by atoms with E-state index >= 15 is 0 Å². The van der Waals surface area contributed by atoms with Gasteiger partial charge in [0, 0.05) is 10.7 Å². The average molecular weight is 249 g/mol. The number of hydrogen-bond donors (Lipinski definition) is 2. The van der Waals surface area contributed by atoms with Crippen LogP contribution in [0.15, 0.2) is 29.6 Å². The lowest BCUT2D eigenvalue weighted by molar-refractivity contribution is 0.127. The Morgan fingerprint density at radius 2 is 2.12 bits per heavy atom. The van der Waals surface area contributed by atoms with Gasteiger partial charge in [0.25, 0.3) is 0 Å². The molecule has 2 nitrogen and oxygen atoms in total. The summed E-state index contributed by atoms with van der Waals surface area (Å²) in [7, 11) is 0. The Bertz CT molecular complexity index is 480. The quantitative estimate of drug-likeness (QED) is 0.852. The molecular weight excluding hydrogens is 230 g/mol. The van der Waals surface area contributed by atoms with Gasteiger partial charge in [0.1, 0.15) is 0 Å². The molecule has 0 bridgehead atoms. The molecule has 1 aromatic carbocycles. The van der Waals surface area contributed by atoms with Gasteiger partial charge in [0.05, 0.1) is 6.10 Å². The largest absolute Gasteiger partial charge is 0.387 e. The molecule has 0 radical (unpaired) electrons. The zero-order chi connectivity index (χ0) is 12.3. The fourth-order valence-corrected chi connectivity index (χ4v) is 2.97. The van der Waals surface area contributed by atoms with Crippen molar-refractivity contribution in [3.63, 3.8) is 0 Å². The second-order valence-electron chi connectivity index (χ2n) is 4.24. The van der Waals surface area contributed by atoms with Crippen molar-refractivity contribution in [3.05, 3.63) is 35.2 Å². The molecule has 1 aromatic heterocycles. The summed E-state index contributed by atoms with van der Waals surface area (Å²) >= 11 is 1.72. The summed E-state index contributed by atoms with van der Waals surface area (Å²) in [6, 6.07) is 8.46. The Morgan fingerprint density at radius 3 is 2.82 bits per heavy atom. The lowest BCUT2D eigenvalue weighted by Crippen LogP contribution is -2.34. The number of benzene rings is 1. The van der Waals surface area contributed by atoms with Gasteiger partial charge < -0.3 is 10.4 Å². The molecule has 2 atom stereocenters. The van der Waals surface area contributed by atoms with Crippen LogP contribution in [0.25, 0.3) is 10.1 Å². The van der Waals surface area contributed by atoms with E-state index in [2.05, 4.69) is 42.7 Å². The number of likely N-dealkylation sites (N-methyl/N-ethyl adjacent to an activating group) is 1. The molecule has 3 heteroatoms. The molecule has 0 aliphatic rings. The number of fused-ring (bicyclic) bond motifs is 1. The van der Waals surface area contributed by atoms with Crippen LogP contribution in [-0.4, -0.2) is 17.7 Å². The maximum absolute atomic E-state index is 10.4. The zero-order valence-electron chi connectivity index (χ0n) is 10.3. The highest BCUT2D eigenvalue weighted by Crippen LogP contribution is 2.26. The zero-order valence-corrected chi connectivity index (χ0v) is 11.1. The SMILES string of the molecule is CCNC(CC)C(O)c1ccc2ccsc2c1. The van der Waals surface area contributed by atoms with Gasteiger partial charge in [-0.1, -0.05) is 26.0 Å². The van der Waals surface area contributed by atoms with Crippen LogP contribution in [0.1, 0.15) is 31.9 Å². The first-order valence-corrected chi connectivity index (χ1v) is 7.02. The molecule has 0 amide bonds. The molecule has 2 rings (SSSR count). The highest BCUT2D eigenvalue weighted by molar-refractivity contribution is 7.17. The standard InChI is InChI=1S/C14H19NOS/c1-3-12(15-4-2)14(16)11-6-5-10-7-8-17-13(10)9-11/h5-9,12,14-16H,3-4H2,1-2H3. The van der Waals surface area contributed by atoms with E-state index in [4.69, 9.17) is 0 Å². The van der Waals surface area contributed by atoms with E-state index in [0.29, 0.717) is 0 Å². The van der Waals surface area contributed by atoms with Crippen LogP contribution in [0.2, 0.25) is 0 Å². The average Bonchev–Trinajstić information content (AvgIpc) is 2.82. The second kappa shape index (κ2) is 5.63. The molecule has 0 aliphatic heterocycles. The lowest BCUT2D eigenvalue weighted by Gasteiger charge is -2.22. The van der Waals surface area contributed by atoms with Gasteiger partial charge in [0.2, 0.25) is 0 Å². The molecule has 2 unspecified atom stereocenters. The third kappa shape index (κ3) is 2.68. The summed E-state index contributed by atoms with van der Waals surface area (Å²) in [6.45, 7) is 5.05. The van der Waals surface area contributed by atoms with E-state index in [1.165, 1.54) is 10.1 Å². The van der Waals surface area contributed by atoms with Crippen molar-refractivity contribution in [3.8, 4) is 0 Å². The molecule has 2 N–H and O–H groups in total. The van der Waals surface area contributed by atoms with E-state index in [0.717, 1.165) is 18.5 Å². The molecule has 0 spiro atoms. The van der Waals surface area contributed by atoms with Crippen LogP contribution >= 0.6 is 11.3 Å². The Morgan fingerprint density at radius 1 is 1.29 bits per heavy atom. The maximum Gasteiger partial charge on any atom is 0.0943 e. The van der Waals surface area contributed by atoms with Gasteiger partial charge in [-0.15, -0.1) is 11.3 Å². The van der Waals surface area contributed by atoms with E-state index < -0.39 is 6.10 Å².